The van der Waals surface area contributed by atoms with E-state index in [0.717, 1.165) is 51.4 Å². The van der Waals surface area contributed by atoms with Gasteiger partial charge in [0, 0.05) is 0 Å². The van der Waals surface area contributed by atoms with Crippen molar-refractivity contribution in [2.45, 2.75) is 205 Å². The molecule has 0 spiro atoms. The summed E-state index contributed by atoms with van der Waals surface area (Å²) in [5, 5.41) is 107. The van der Waals surface area contributed by atoms with Crippen molar-refractivity contribution < 1.29 is 84.3 Å². The highest BCUT2D eigenvalue weighted by Crippen LogP contribution is 2.76. The summed E-state index contributed by atoms with van der Waals surface area (Å²) in [5.74, 6) is -0.0276. The van der Waals surface area contributed by atoms with Gasteiger partial charge >= 0.3 is 5.97 Å². The van der Waals surface area contributed by atoms with Crippen LogP contribution in [0.15, 0.2) is 11.6 Å². The van der Waals surface area contributed by atoms with Crippen LogP contribution in [0.4, 0.5) is 0 Å². The van der Waals surface area contributed by atoms with Crippen LogP contribution in [0.3, 0.4) is 0 Å². The molecular formula is C47H76O17. The SMILES string of the molecule is CC1(C)CC[C@]2(C(=O)O)CC[C@]3(C)C(=CC[C@@H]4[C@@]5(C)CC[C@H](O[C@@H]6O[C@H](CO)[C@@H](O[C@@H]7OC[C@H](O)[C@H](O)[C@H]7O[C@@H]7O[C@H](CO)[C@@H](O)[C@H](O)[C@H]7O)[C@H](O)[C@H]6O)C(C)(C)[C@@H]5CC[C@]43C)[C@@H]2C1. The van der Waals surface area contributed by atoms with E-state index in [1.54, 1.807) is 0 Å². The number of hydrogen-bond donors (Lipinski definition) is 10. The highest BCUT2D eigenvalue weighted by atomic mass is 16.8. The standard InChI is InChI=1S/C47H76O17/c1-42(2)14-16-47(41(57)58)17-15-45(6)22(23(47)18-42)8-9-28-44(5)12-11-29(43(3,4)27(44)10-13-46(28,45)7)62-38-35(56)33(54)36(26(20-49)61-38)63-40-37(30(51)24(50)21-59-40)64-39-34(55)32(53)31(52)25(19-48)60-39/h8,23-40,48-56H,9-21H2,1-7H3,(H,57,58)/t23-,24-,25+,26+,27-,28+,29-,30-,31+,32-,33+,34+,35+,36+,37+,38-,39-,40-,44-,45+,46+,47-/m0/s1. The van der Waals surface area contributed by atoms with Gasteiger partial charge in [-0.1, -0.05) is 60.1 Å². The molecule has 10 N–H and O–H groups in total. The molecule has 17 nitrogen and oxygen atoms in total. The van der Waals surface area contributed by atoms with Crippen LogP contribution >= 0.6 is 0 Å². The topological polar surface area (TPSA) is 275 Å². The van der Waals surface area contributed by atoms with Crippen LogP contribution in [0.1, 0.15) is 113 Å². The van der Waals surface area contributed by atoms with E-state index < -0.39 is 129 Å². The van der Waals surface area contributed by atoms with E-state index in [1.165, 1.54) is 5.57 Å². The Morgan fingerprint density at radius 2 is 1.30 bits per heavy atom. The number of aliphatic hydroxyl groups excluding tert-OH is 9. The van der Waals surface area contributed by atoms with Gasteiger partial charge in [-0.2, -0.15) is 0 Å². The normalized spacial score (nSPS) is 53.5. The van der Waals surface area contributed by atoms with Crippen LogP contribution < -0.4 is 0 Å². The Morgan fingerprint density at radius 1 is 0.672 bits per heavy atom. The Balaban J connectivity index is 0.969. The number of fused-ring (bicyclic) bond motifs is 7. The van der Waals surface area contributed by atoms with Gasteiger partial charge < -0.3 is 79.5 Å². The minimum absolute atomic E-state index is 0.0300. The number of carbonyl (C=O) groups is 1. The molecule has 7 fully saturated rings. The lowest BCUT2D eigenvalue weighted by Gasteiger charge is -2.71. The molecule has 17 heteroatoms. The van der Waals surface area contributed by atoms with Crippen LogP contribution in [0.25, 0.3) is 0 Å². The summed E-state index contributed by atoms with van der Waals surface area (Å²) in [7, 11) is 0. The fourth-order valence-electron chi connectivity index (χ4n) is 14.9. The summed E-state index contributed by atoms with van der Waals surface area (Å²) in [6.07, 6.45) is -11.8. The first kappa shape index (κ1) is 49.0. The molecule has 0 radical (unpaired) electrons. The smallest absolute Gasteiger partial charge is 0.310 e. The summed E-state index contributed by atoms with van der Waals surface area (Å²) in [6.45, 7) is 14.5. The molecule has 0 aromatic heterocycles. The summed E-state index contributed by atoms with van der Waals surface area (Å²) in [4.78, 5) is 13.1. The molecule has 5 aliphatic carbocycles. The molecule has 8 aliphatic rings. The first-order chi connectivity index (χ1) is 29.9. The summed E-state index contributed by atoms with van der Waals surface area (Å²) >= 11 is 0. The van der Waals surface area contributed by atoms with Gasteiger partial charge in [-0.25, -0.2) is 0 Å². The number of carboxylic acids is 1. The van der Waals surface area contributed by atoms with E-state index in [4.69, 9.17) is 28.4 Å². The van der Waals surface area contributed by atoms with Gasteiger partial charge in [0.05, 0.1) is 31.3 Å². The van der Waals surface area contributed by atoms with Gasteiger partial charge in [-0.3, -0.25) is 4.79 Å². The number of ether oxygens (including phenoxy) is 6. The molecule has 3 aliphatic heterocycles. The number of rotatable bonds is 9. The molecule has 0 aromatic rings. The van der Waals surface area contributed by atoms with E-state index >= 15 is 0 Å². The van der Waals surface area contributed by atoms with E-state index in [-0.39, 0.29) is 33.5 Å². The van der Waals surface area contributed by atoms with Crippen molar-refractivity contribution in [3.63, 3.8) is 0 Å². The van der Waals surface area contributed by atoms with Crippen LogP contribution in [-0.4, -0.2) is 169 Å². The first-order valence-corrected chi connectivity index (χ1v) is 23.7. The summed E-state index contributed by atoms with van der Waals surface area (Å²) < 4.78 is 35.7. The fraction of sp³-hybridized carbons (Fsp3) is 0.936. The lowest BCUT2D eigenvalue weighted by atomic mass is 9.33. The number of aliphatic hydroxyl groups is 9. The Labute approximate surface area is 376 Å². The van der Waals surface area contributed by atoms with E-state index in [1.807, 2.05) is 0 Å². The molecule has 0 aromatic carbocycles. The quantitative estimate of drug-likeness (QED) is 0.116. The van der Waals surface area contributed by atoms with Crippen molar-refractivity contribution in [2.24, 2.45) is 50.2 Å². The third-order valence-electron chi connectivity index (χ3n) is 19.0. The molecule has 64 heavy (non-hydrogen) atoms. The van der Waals surface area contributed by atoms with Crippen molar-refractivity contribution in [3.8, 4) is 0 Å². The fourth-order valence-corrected chi connectivity index (χ4v) is 14.9. The molecule has 3 saturated heterocycles. The maximum Gasteiger partial charge on any atom is 0.310 e. The average molecular weight is 913 g/mol. The van der Waals surface area contributed by atoms with Gasteiger partial charge in [0.2, 0.25) is 0 Å². The molecule has 3 heterocycles. The van der Waals surface area contributed by atoms with Gasteiger partial charge in [0.25, 0.3) is 0 Å². The monoisotopic (exact) mass is 913 g/mol. The first-order valence-electron chi connectivity index (χ1n) is 23.7. The summed E-state index contributed by atoms with van der Waals surface area (Å²) in [5.41, 5.74) is 0.123. The molecule has 22 atom stereocenters. The Morgan fingerprint density at radius 3 is 1.97 bits per heavy atom. The Bertz CT molecular complexity index is 1740. The number of aliphatic carboxylic acids is 1. The van der Waals surface area contributed by atoms with Gasteiger partial charge in [-0.15, -0.1) is 0 Å². The zero-order chi connectivity index (χ0) is 46.7. The van der Waals surface area contributed by atoms with Crippen molar-refractivity contribution in [3.05, 3.63) is 11.6 Å². The van der Waals surface area contributed by atoms with Crippen molar-refractivity contribution in [1.82, 2.24) is 0 Å². The predicted octanol–water partition coefficient (Wildman–Crippen LogP) is 1.35. The van der Waals surface area contributed by atoms with Crippen LogP contribution in [0.2, 0.25) is 0 Å². The maximum atomic E-state index is 13.1. The maximum absolute atomic E-state index is 13.1. The largest absolute Gasteiger partial charge is 0.481 e. The lowest BCUT2D eigenvalue weighted by Crippen LogP contribution is -2.67. The van der Waals surface area contributed by atoms with Gasteiger partial charge in [0.15, 0.2) is 18.9 Å². The van der Waals surface area contributed by atoms with E-state index in [2.05, 4.69) is 54.5 Å². The number of carboxylic acid groups (broad SMARTS) is 1. The second-order valence-corrected chi connectivity index (χ2v) is 23.0. The molecule has 366 valence electrons. The Hall–Kier alpha value is -1.39. The molecule has 8 rings (SSSR count). The predicted molar refractivity (Wildman–Crippen MR) is 225 cm³/mol. The van der Waals surface area contributed by atoms with Crippen molar-refractivity contribution in [2.75, 3.05) is 19.8 Å². The molecular weight excluding hydrogens is 836 g/mol. The second-order valence-electron chi connectivity index (χ2n) is 23.0. The number of allylic oxidation sites excluding steroid dienone is 2. The molecule has 0 unspecified atom stereocenters. The third-order valence-corrected chi connectivity index (χ3v) is 19.0. The van der Waals surface area contributed by atoms with Crippen molar-refractivity contribution in [1.29, 1.82) is 0 Å². The van der Waals surface area contributed by atoms with Gasteiger partial charge in [-0.05, 0) is 109 Å². The lowest BCUT2D eigenvalue weighted by molar-refractivity contribution is -0.382. The average Bonchev–Trinajstić information content (AvgIpc) is 3.23. The zero-order valence-corrected chi connectivity index (χ0v) is 38.5. The second kappa shape index (κ2) is 17.2. The van der Waals surface area contributed by atoms with Crippen molar-refractivity contribution >= 4 is 5.97 Å². The van der Waals surface area contributed by atoms with Crippen LogP contribution in [0, 0.1) is 50.2 Å². The highest BCUT2D eigenvalue weighted by Gasteiger charge is 2.70. The van der Waals surface area contributed by atoms with Crippen LogP contribution in [0.5, 0.6) is 0 Å². The van der Waals surface area contributed by atoms with Crippen LogP contribution in [-0.2, 0) is 33.2 Å². The van der Waals surface area contributed by atoms with Gasteiger partial charge in [0.1, 0.15) is 67.1 Å². The zero-order valence-electron chi connectivity index (χ0n) is 38.5. The molecule has 0 bridgehead atoms. The minimum Gasteiger partial charge on any atom is -0.481 e. The highest BCUT2D eigenvalue weighted by molar-refractivity contribution is 5.76. The van der Waals surface area contributed by atoms with E-state index in [0.29, 0.717) is 18.8 Å². The number of hydrogen-bond acceptors (Lipinski definition) is 16. The minimum atomic E-state index is -1.85. The molecule has 0 amide bonds. The summed E-state index contributed by atoms with van der Waals surface area (Å²) in [6, 6.07) is 0. The Kier molecular flexibility index (Phi) is 13.2. The molecule has 4 saturated carbocycles. The third kappa shape index (κ3) is 7.58. The van der Waals surface area contributed by atoms with E-state index in [9.17, 15) is 55.9 Å².